The summed E-state index contributed by atoms with van der Waals surface area (Å²) in [6.45, 7) is 8.53. The Balaban J connectivity index is 1.43. The molecule has 1 fully saturated rings. The molecule has 2 aromatic carbocycles. The van der Waals surface area contributed by atoms with Gasteiger partial charge < -0.3 is 15.0 Å². The monoisotopic (exact) mass is 492 g/mol. The third-order valence-electron chi connectivity index (χ3n) is 6.14. The molecular weight excluding hydrogens is 460 g/mol. The van der Waals surface area contributed by atoms with E-state index < -0.39 is 0 Å². The van der Waals surface area contributed by atoms with E-state index in [-0.39, 0.29) is 18.4 Å². The number of hydrogen-bond acceptors (Lipinski definition) is 6. The van der Waals surface area contributed by atoms with Gasteiger partial charge in [-0.25, -0.2) is 4.98 Å². The van der Waals surface area contributed by atoms with Gasteiger partial charge in [0.1, 0.15) is 6.54 Å². The number of rotatable bonds is 9. The van der Waals surface area contributed by atoms with Gasteiger partial charge in [-0.1, -0.05) is 42.5 Å². The fourth-order valence-corrected chi connectivity index (χ4v) is 4.87. The lowest BCUT2D eigenvalue weighted by atomic mass is 10.0. The Kier molecular flexibility index (Phi) is 8.63. The summed E-state index contributed by atoms with van der Waals surface area (Å²) in [5.41, 5.74) is 3.63. The molecule has 1 aliphatic rings. The summed E-state index contributed by atoms with van der Waals surface area (Å²) < 4.78 is 5.42. The second-order valence-electron chi connectivity index (χ2n) is 8.69. The van der Waals surface area contributed by atoms with E-state index in [4.69, 9.17) is 4.74 Å². The van der Waals surface area contributed by atoms with Crippen LogP contribution in [0.25, 0.3) is 11.1 Å². The Morgan fingerprint density at radius 1 is 1.03 bits per heavy atom. The predicted molar refractivity (Wildman–Crippen MR) is 140 cm³/mol. The number of amides is 2. The minimum Gasteiger partial charge on any atom is -0.379 e. The lowest BCUT2D eigenvalue weighted by Crippen LogP contribution is -2.41. The highest BCUT2D eigenvalue weighted by Gasteiger charge is 2.21. The molecule has 0 aliphatic carbocycles. The standard InChI is InChI=1S/C27H32N4O3S/c1-20-21(2)35-27(28-20)29-25(32)19-31(14-6-13-30-15-17-34-18-16-30)26(33)24-11-9-23(10-12-24)22-7-4-3-5-8-22/h3-5,7-12H,6,13-19H2,1-2H3,(H,28,29,32). The number of carbonyl (C=O) groups is 2. The molecule has 2 amide bonds. The molecule has 0 radical (unpaired) electrons. The average Bonchev–Trinajstić information content (AvgIpc) is 3.20. The summed E-state index contributed by atoms with van der Waals surface area (Å²) in [5.74, 6) is -0.382. The molecule has 8 heteroatoms. The molecule has 0 bridgehead atoms. The van der Waals surface area contributed by atoms with Gasteiger partial charge in [0.05, 0.1) is 18.9 Å². The first kappa shape index (κ1) is 25.0. The van der Waals surface area contributed by atoms with Crippen molar-refractivity contribution in [2.75, 3.05) is 51.3 Å². The number of nitrogens with one attached hydrogen (secondary N) is 1. The third-order valence-corrected chi connectivity index (χ3v) is 7.13. The van der Waals surface area contributed by atoms with E-state index in [1.165, 1.54) is 11.3 Å². The summed E-state index contributed by atoms with van der Waals surface area (Å²) in [6.07, 6.45) is 0.788. The van der Waals surface area contributed by atoms with Crippen molar-refractivity contribution in [3.8, 4) is 11.1 Å². The van der Waals surface area contributed by atoms with Gasteiger partial charge in [-0.15, -0.1) is 11.3 Å². The summed E-state index contributed by atoms with van der Waals surface area (Å²) in [4.78, 5) is 35.7. The zero-order valence-corrected chi connectivity index (χ0v) is 21.1. The first-order chi connectivity index (χ1) is 17.0. The molecule has 0 saturated carbocycles. The Morgan fingerprint density at radius 2 is 1.71 bits per heavy atom. The van der Waals surface area contributed by atoms with Crippen LogP contribution >= 0.6 is 11.3 Å². The van der Waals surface area contributed by atoms with Crippen LogP contribution < -0.4 is 5.32 Å². The summed E-state index contributed by atoms with van der Waals surface area (Å²) in [6, 6.07) is 17.6. The first-order valence-corrected chi connectivity index (χ1v) is 12.8. The molecule has 7 nitrogen and oxygen atoms in total. The minimum absolute atomic E-state index is 0.0138. The highest BCUT2D eigenvalue weighted by atomic mass is 32.1. The van der Waals surface area contributed by atoms with Crippen molar-refractivity contribution < 1.29 is 14.3 Å². The molecule has 0 unspecified atom stereocenters. The van der Waals surface area contributed by atoms with Crippen LogP contribution in [0.3, 0.4) is 0 Å². The van der Waals surface area contributed by atoms with Crippen molar-refractivity contribution in [2.24, 2.45) is 0 Å². The number of hydrogen-bond donors (Lipinski definition) is 1. The van der Waals surface area contributed by atoms with Crippen LogP contribution in [-0.2, 0) is 9.53 Å². The van der Waals surface area contributed by atoms with Crippen LogP contribution in [0.5, 0.6) is 0 Å². The lowest BCUT2D eigenvalue weighted by Gasteiger charge is -2.28. The van der Waals surface area contributed by atoms with Crippen LogP contribution in [0.2, 0.25) is 0 Å². The number of carbonyl (C=O) groups excluding carboxylic acids is 2. The molecular formula is C27H32N4O3S. The second kappa shape index (κ2) is 12.1. The molecule has 2 heterocycles. The maximum atomic E-state index is 13.4. The van der Waals surface area contributed by atoms with E-state index in [2.05, 4.69) is 15.2 Å². The molecule has 0 spiro atoms. The van der Waals surface area contributed by atoms with Crippen LogP contribution in [0.15, 0.2) is 54.6 Å². The van der Waals surface area contributed by atoms with Crippen LogP contribution in [-0.4, -0.2) is 72.5 Å². The van der Waals surface area contributed by atoms with Crippen molar-refractivity contribution in [1.82, 2.24) is 14.8 Å². The number of benzene rings is 2. The molecule has 184 valence electrons. The highest BCUT2D eigenvalue weighted by Crippen LogP contribution is 2.22. The van der Waals surface area contributed by atoms with Crippen molar-refractivity contribution in [1.29, 1.82) is 0 Å². The minimum atomic E-state index is -0.237. The zero-order valence-electron chi connectivity index (χ0n) is 20.3. The fraction of sp³-hybridized carbons (Fsp3) is 0.370. The van der Waals surface area contributed by atoms with Gasteiger partial charge in [0.15, 0.2) is 5.13 Å². The van der Waals surface area contributed by atoms with E-state index in [0.717, 1.165) is 61.0 Å². The van der Waals surface area contributed by atoms with Gasteiger partial charge in [0.2, 0.25) is 5.91 Å². The molecule has 35 heavy (non-hydrogen) atoms. The number of anilines is 1. The van der Waals surface area contributed by atoms with E-state index in [9.17, 15) is 9.59 Å². The Morgan fingerprint density at radius 3 is 2.37 bits per heavy atom. The molecule has 3 aromatic rings. The van der Waals surface area contributed by atoms with Gasteiger partial charge in [0.25, 0.3) is 5.91 Å². The van der Waals surface area contributed by atoms with Crippen LogP contribution in [0, 0.1) is 13.8 Å². The van der Waals surface area contributed by atoms with E-state index in [1.54, 1.807) is 4.90 Å². The van der Waals surface area contributed by atoms with E-state index in [1.807, 2.05) is 68.4 Å². The van der Waals surface area contributed by atoms with Crippen molar-refractivity contribution >= 4 is 28.3 Å². The molecule has 1 saturated heterocycles. The summed E-state index contributed by atoms with van der Waals surface area (Å²) in [5, 5.41) is 3.43. The van der Waals surface area contributed by atoms with Gasteiger partial charge in [0, 0.05) is 36.6 Å². The van der Waals surface area contributed by atoms with E-state index >= 15 is 0 Å². The van der Waals surface area contributed by atoms with Crippen LogP contribution in [0.1, 0.15) is 27.3 Å². The van der Waals surface area contributed by atoms with E-state index in [0.29, 0.717) is 17.2 Å². The average molecular weight is 493 g/mol. The van der Waals surface area contributed by atoms with Gasteiger partial charge in [-0.3, -0.25) is 14.5 Å². The normalized spacial score (nSPS) is 14.0. The largest absolute Gasteiger partial charge is 0.379 e. The third kappa shape index (κ3) is 6.97. The molecule has 0 atom stereocenters. The van der Waals surface area contributed by atoms with Crippen molar-refractivity contribution in [3.63, 3.8) is 0 Å². The quantitative estimate of drug-likeness (QED) is 0.484. The van der Waals surface area contributed by atoms with Gasteiger partial charge in [-0.2, -0.15) is 0 Å². The second-order valence-corrected chi connectivity index (χ2v) is 9.89. The topological polar surface area (TPSA) is 74.8 Å². The number of aromatic nitrogens is 1. The van der Waals surface area contributed by atoms with Crippen LogP contribution in [0.4, 0.5) is 5.13 Å². The Bertz CT molecular complexity index is 1110. The highest BCUT2D eigenvalue weighted by molar-refractivity contribution is 7.15. The lowest BCUT2D eigenvalue weighted by molar-refractivity contribution is -0.116. The number of nitrogens with zero attached hydrogens (tertiary/aromatic N) is 3. The van der Waals surface area contributed by atoms with Gasteiger partial charge >= 0.3 is 0 Å². The molecule has 1 aliphatic heterocycles. The summed E-state index contributed by atoms with van der Waals surface area (Å²) in [7, 11) is 0. The van der Waals surface area contributed by atoms with Gasteiger partial charge in [-0.05, 0) is 43.5 Å². The maximum absolute atomic E-state index is 13.4. The summed E-state index contributed by atoms with van der Waals surface area (Å²) >= 11 is 1.45. The zero-order chi connectivity index (χ0) is 24.6. The SMILES string of the molecule is Cc1nc(NC(=O)CN(CCCN2CCOCC2)C(=O)c2ccc(-c3ccccc3)cc2)sc1C. The number of morpholine rings is 1. The van der Waals surface area contributed by atoms with Crippen molar-refractivity contribution in [3.05, 3.63) is 70.7 Å². The molecule has 4 rings (SSSR count). The number of ether oxygens (including phenoxy) is 1. The first-order valence-electron chi connectivity index (χ1n) is 12.0. The smallest absolute Gasteiger partial charge is 0.254 e. The number of aryl methyl sites for hydroxylation is 2. The Labute approximate surface area is 210 Å². The Hall–Kier alpha value is -3.07. The maximum Gasteiger partial charge on any atom is 0.254 e. The predicted octanol–water partition coefficient (Wildman–Crippen LogP) is 4.23. The fourth-order valence-electron chi connectivity index (χ4n) is 4.04. The molecule has 1 aromatic heterocycles. The molecule has 1 N–H and O–H groups in total. The van der Waals surface area contributed by atoms with Crippen molar-refractivity contribution in [2.45, 2.75) is 20.3 Å². The number of thiazole rings is 1.